The van der Waals surface area contributed by atoms with Gasteiger partial charge in [-0.3, -0.25) is 4.79 Å². The van der Waals surface area contributed by atoms with Crippen LogP contribution in [-0.2, 0) is 9.53 Å². The van der Waals surface area contributed by atoms with Crippen molar-refractivity contribution in [1.82, 2.24) is 0 Å². The molecule has 0 aromatic heterocycles. The summed E-state index contributed by atoms with van der Waals surface area (Å²) in [6.07, 6.45) is 2.78. The lowest BCUT2D eigenvalue weighted by Crippen LogP contribution is -2.36. The summed E-state index contributed by atoms with van der Waals surface area (Å²) in [4.78, 5) is 11.2. The van der Waals surface area contributed by atoms with Gasteiger partial charge < -0.3 is 4.74 Å². The van der Waals surface area contributed by atoms with Crippen molar-refractivity contribution in [2.24, 2.45) is 11.8 Å². The third-order valence-corrected chi connectivity index (χ3v) is 3.45. The van der Waals surface area contributed by atoms with Gasteiger partial charge in [-0.15, -0.1) is 0 Å². The number of ether oxygens (including phenoxy) is 1. The first-order valence-corrected chi connectivity index (χ1v) is 4.23. The maximum absolute atomic E-state index is 11.2. The van der Waals surface area contributed by atoms with Gasteiger partial charge in [-0.25, -0.2) is 0 Å². The molecule has 2 fully saturated rings. The van der Waals surface area contributed by atoms with E-state index < -0.39 is 0 Å². The number of Topliss-reactive ketones (excluding diaryl/α,β-unsaturated/α-hetero) is 1. The molecule has 0 N–H and O–H groups in total. The van der Waals surface area contributed by atoms with E-state index in [-0.39, 0.29) is 5.60 Å². The quantitative estimate of drug-likeness (QED) is 0.570. The number of carbonyl (C=O) groups excluding carboxylic acids is 1. The molecule has 3 atom stereocenters. The summed E-state index contributed by atoms with van der Waals surface area (Å²) < 4.78 is 5.43. The molecule has 0 aromatic rings. The summed E-state index contributed by atoms with van der Waals surface area (Å²) in [6.45, 7) is 2.13. The molecular weight excluding hydrogens is 140 g/mol. The maximum atomic E-state index is 11.2. The summed E-state index contributed by atoms with van der Waals surface area (Å²) in [5.41, 5.74) is 0.0125. The lowest BCUT2D eigenvalue weighted by molar-refractivity contribution is -0.127. The Morgan fingerprint density at radius 1 is 1.64 bits per heavy atom. The molecule has 0 spiro atoms. The van der Waals surface area contributed by atoms with Crippen LogP contribution in [0.3, 0.4) is 0 Å². The first-order chi connectivity index (χ1) is 5.15. The monoisotopic (exact) mass is 154 g/mol. The minimum atomic E-state index is 0.0125. The zero-order chi connectivity index (χ0) is 8.06. The topological polar surface area (TPSA) is 26.3 Å². The average molecular weight is 154 g/mol. The Morgan fingerprint density at radius 2 is 2.36 bits per heavy atom. The Hall–Kier alpha value is -0.370. The highest BCUT2D eigenvalue weighted by molar-refractivity contribution is 5.84. The van der Waals surface area contributed by atoms with Gasteiger partial charge in [0.15, 0.2) is 0 Å². The number of ketones is 1. The fraction of sp³-hybridized carbons (Fsp3) is 0.889. The van der Waals surface area contributed by atoms with E-state index in [2.05, 4.69) is 6.92 Å². The summed E-state index contributed by atoms with van der Waals surface area (Å²) in [5, 5.41) is 0. The Balaban J connectivity index is 2.19. The van der Waals surface area contributed by atoms with Gasteiger partial charge in [-0.1, -0.05) is 0 Å². The average Bonchev–Trinajstić information content (AvgIpc) is 2.45. The van der Waals surface area contributed by atoms with E-state index in [0.29, 0.717) is 17.6 Å². The third kappa shape index (κ3) is 0.853. The van der Waals surface area contributed by atoms with Crippen molar-refractivity contribution >= 4 is 5.78 Å². The molecule has 2 saturated carbocycles. The van der Waals surface area contributed by atoms with Crippen LogP contribution in [0, 0.1) is 11.8 Å². The van der Waals surface area contributed by atoms with Gasteiger partial charge in [0.25, 0.3) is 0 Å². The number of hydrogen-bond donors (Lipinski definition) is 0. The Labute approximate surface area is 66.9 Å². The summed E-state index contributed by atoms with van der Waals surface area (Å²) in [5.74, 6) is 1.29. The fourth-order valence-corrected chi connectivity index (χ4v) is 2.54. The predicted molar refractivity (Wildman–Crippen MR) is 41.3 cm³/mol. The standard InChI is InChI=1S/C9H14O2/c1-9(11-2)5-6-3-7(9)4-8(6)10/h6-7H,3-5H2,1-2H3/t6-,7-,9+/m1/s1. The molecule has 0 aliphatic heterocycles. The highest BCUT2D eigenvalue weighted by atomic mass is 16.5. The van der Waals surface area contributed by atoms with Crippen LogP contribution in [0.2, 0.25) is 0 Å². The normalized spacial score (nSPS) is 48.7. The van der Waals surface area contributed by atoms with Crippen LogP contribution >= 0.6 is 0 Å². The van der Waals surface area contributed by atoms with Crippen molar-refractivity contribution in [3.05, 3.63) is 0 Å². The fourth-order valence-electron chi connectivity index (χ4n) is 2.54. The number of fused-ring (bicyclic) bond motifs is 2. The first-order valence-electron chi connectivity index (χ1n) is 4.23. The summed E-state index contributed by atoms with van der Waals surface area (Å²) in [6, 6.07) is 0. The van der Waals surface area contributed by atoms with Crippen LogP contribution in [0.4, 0.5) is 0 Å². The Morgan fingerprint density at radius 3 is 2.73 bits per heavy atom. The van der Waals surface area contributed by atoms with Crippen molar-refractivity contribution in [1.29, 1.82) is 0 Å². The van der Waals surface area contributed by atoms with Gasteiger partial charge in [-0.2, -0.15) is 0 Å². The molecule has 2 heteroatoms. The third-order valence-electron chi connectivity index (χ3n) is 3.45. The molecule has 0 radical (unpaired) electrons. The van der Waals surface area contributed by atoms with E-state index in [1.165, 1.54) is 0 Å². The van der Waals surface area contributed by atoms with Gasteiger partial charge in [0.2, 0.25) is 0 Å². The van der Waals surface area contributed by atoms with Crippen molar-refractivity contribution in [3.8, 4) is 0 Å². The molecule has 0 unspecified atom stereocenters. The van der Waals surface area contributed by atoms with Crippen molar-refractivity contribution in [2.75, 3.05) is 7.11 Å². The maximum Gasteiger partial charge on any atom is 0.136 e. The molecule has 11 heavy (non-hydrogen) atoms. The van der Waals surface area contributed by atoms with Gasteiger partial charge in [0.05, 0.1) is 5.60 Å². The number of hydrogen-bond acceptors (Lipinski definition) is 2. The predicted octanol–water partition coefficient (Wildman–Crippen LogP) is 1.39. The van der Waals surface area contributed by atoms with E-state index in [1.807, 2.05) is 0 Å². The van der Waals surface area contributed by atoms with Crippen LogP contribution in [0.15, 0.2) is 0 Å². The van der Waals surface area contributed by atoms with Gasteiger partial charge in [0, 0.05) is 19.4 Å². The Bertz CT molecular complexity index is 200. The van der Waals surface area contributed by atoms with Gasteiger partial charge in [-0.05, 0) is 25.7 Å². The van der Waals surface area contributed by atoms with E-state index >= 15 is 0 Å². The Kier molecular flexibility index (Phi) is 1.37. The molecule has 62 valence electrons. The molecule has 0 amide bonds. The van der Waals surface area contributed by atoms with Crippen molar-refractivity contribution in [2.45, 2.75) is 31.8 Å². The highest BCUT2D eigenvalue weighted by Crippen LogP contribution is 2.50. The van der Waals surface area contributed by atoms with Gasteiger partial charge >= 0.3 is 0 Å². The van der Waals surface area contributed by atoms with Gasteiger partial charge in [0.1, 0.15) is 5.78 Å². The molecule has 0 aromatic carbocycles. The van der Waals surface area contributed by atoms with Crippen LogP contribution in [-0.4, -0.2) is 18.5 Å². The van der Waals surface area contributed by atoms with E-state index in [0.717, 1.165) is 19.3 Å². The number of methoxy groups -OCH3 is 1. The minimum Gasteiger partial charge on any atom is -0.378 e. The SMILES string of the molecule is CO[C@@]1(C)C[C@H]2C[C@@H]1CC2=O. The second-order valence-corrected chi connectivity index (χ2v) is 4.02. The largest absolute Gasteiger partial charge is 0.378 e. The van der Waals surface area contributed by atoms with E-state index in [9.17, 15) is 4.79 Å². The van der Waals surface area contributed by atoms with E-state index in [1.54, 1.807) is 7.11 Å². The second-order valence-electron chi connectivity index (χ2n) is 4.02. The summed E-state index contributed by atoms with van der Waals surface area (Å²) >= 11 is 0. The van der Waals surface area contributed by atoms with Crippen molar-refractivity contribution in [3.63, 3.8) is 0 Å². The molecular formula is C9H14O2. The minimum absolute atomic E-state index is 0.0125. The number of rotatable bonds is 1. The second kappa shape index (κ2) is 2.07. The molecule has 2 bridgehead atoms. The molecule has 2 aliphatic carbocycles. The lowest BCUT2D eigenvalue weighted by atomic mass is 9.85. The zero-order valence-corrected chi connectivity index (χ0v) is 7.09. The molecule has 0 heterocycles. The van der Waals surface area contributed by atoms with E-state index in [4.69, 9.17) is 4.74 Å². The summed E-state index contributed by atoms with van der Waals surface area (Å²) in [7, 11) is 1.76. The van der Waals surface area contributed by atoms with Crippen LogP contribution < -0.4 is 0 Å². The number of carbonyl (C=O) groups is 1. The van der Waals surface area contributed by atoms with Crippen LogP contribution in [0.25, 0.3) is 0 Å². The van der Waals surface area contributed by atoms with Crippen LogP contribution in [0.5, 0.6) is 0 Å². The highest BCUT2D eigenvalue weighted by Gasteiger charge is 2.52. The van der Waals surface area contributed by atoms with Crippen molar-refractivity contribution < 1.29 is 9.53 Å². The zero-order valence-electron chi connectivity index (χ0n) is 7.09. The van der Waals surface area contributed by atoms with Crippen LogP contribution in [0.1, 0.15) is 26.2 Å². The molecule has 2 rings (SSSR count). The molecule has 2 nitrogen and oxygen atoms in total. The molecule has 2 aliphatic rings. The lowest BCUT2D eigenvalue weighted by Gasteiger charge is -2.31. The smallest absolute Gasteiger partial charge is 0.136 e. The first kappa shape index (κ1) is 7.29. The molecule has 0 saturated heterocycles.